The maximum atomic E-state index is 12.3. The van der Waals surface area contributed by atoms with Crippen molar-refractivity contribution in [3.05, 3.63) is 35.0 Å². The smallest absolute Gasteiger partial charge is 0.237 e. The number of aliphatic hydroxyl groups excluding tert-OH is 1. The highest BCUT2D eigenvalue weighted by molar-refractivity contribution is 7.09. The molecule has 112 valence electrons. The Bertz CT molecular complexity index is 404. The molecule has 0 saturated heterocycles. The second-order valence-corrected chi connectivity index (χ2v) is 6.05. The van der Waals surface area contributed by atoms with Gasteiger partial charge in [-0.2, -0.15) is 0 Å². The molecule has 0 fully saturated rings. The predicted molar refractivity (Wildman–Crippen MR) is 83.7 cm³/mol. The van der Waals surface area contributed by atoms with Crippen LogP contribution in [0.1, 0.15) is 18.2 Å². The van der Waals surface area contributed by atoms with Crippen LogP contribution in [0.5, 0.6) is 0 Å². The first-order chi connectivity index (χ1) is 9.52. The van der Waals surface area contributed by atoms with Gasteiger partial charge in [-0.25, -0.2) is 0 Å². The molecule has 1 rings (SSSR count). The Hall–Kier alpha value is -1.17. The summed E-state index contributed by atoms with van der Waals surface area (Å²) in [5.74, 6) is 0.0893. The molecule has 0 aliphatic heterocycles. The third kappa shape index (κ3) is 6.32. The molecule has 1 aromatic heterocycles. The first kappa shape index (κ1) is 16.9. The first-order valence-corrected chi connectivity index (χ1v) is 7.68. The van der Waals surface area contributed by atoms with Crippen molar-refractivity contribution in [3.8, 4) is 0 Å². The van der Waals surface area contributed by atoms with E-state index in [2.05, 4.69) is 6.58 Å². The van der Waals surface area contributed by atoms with Crippen LogP contribution in [0.2, 0.25) is 0 Å². The van der Waals surface area contributed by atoms with Crippen LogP contribution in [0.4, 0.5) is 0 Å². The molecule has 0 saturated carbocycles. The molecule has 5 heteroatoms. The monoisotopic (exact) mass is 296 g/mol. The van der Waals surface area contributed by atoms with E-state index in [4.69, 9.17) is 0 Å². The summed E-state index contributed by atoms with van der Waals surface area (Å²) in [7, 11) is 1.90. The van der Waals surface area contributed by atoms with Crippen LogP contribution in [0, 0.1) is 0 Å². The van der Waals surface area contributed by atoms with E-state index >= 15 is 0 Å². The molecule has 1 aromatic rings. The van der Waals surface area contributed by atoms with Gasteiger partial charge in [-0.05, 0) is 31.8 Å². The van der Waals surface area contributed by atoms with Crippen LogP contribution in [0.3, 0.4) is 0 Å². The van der Waals surface area contributed by atoms with Crippen molar-refractivity contribution in [2.45, 2.75) is 26.0 Å². The summed E-state index contributed by atoms with van der Waals surface area (Å²) >= 11 is 1.65. The lowest BCUT2D eigenvalue weighted by Gasteiger charge is -2.24. The summed E-state index contributed by atoms with van der Waals surface area (Å²) in [5.41, 5.74) is 0. The van der Waals surface area contributed by atoms with Crippen molar-refractivity contribution >= 4 is 17.2 Å². The zero-order valence-corrected chi connectivity index (χ0v) is 13.1. The lowest BCUT2D eigenvalue weighted by molar-refractivity contribution is -0.132. The number of carbonyl (C=O) groups is 1. The fourth-order valence-corrected chi connectivity index (χ4v) is 2.54. The number of hydrogen-bond donors (Lipinski definition) is 1. The predicted octanol–water partition coefficient (Wildman–Crippen LogP) is 1.97. The second kappa shape index (κ2) is 8.89. The average Bonchev–Trinajstić information content (AvgIpc) is 2.88. The molecular formula is C15H24N2O2S. The van der Waals surface area contributed by atoms with Crippen LogP contribution < -0.4 is 0 Å². The molecular weight excluding hydrogens is 272 g/mol. The van der Waals surface area contributed by atoms with E-state index in [-0.39, 0.29) is 12.0 Å². The van der Waals surface area contributed by atoms with Crippen molar-refractivity contribution in [3.63, 3.8) is 0 Å². The zero-order chi connectivity index (χ0) is 15.0. The fourth-order valence-electron chi connectivity index (χ4n) is 1.82. The molecule has 1 unspecified atom stereocenters. The van der Waals surface area contributed by atoms with Gasteiger partial charge in [0.2, 0.25) is 5.91 Å². The van der Waals surface area contributed by atoms with Crippen LogP contribution in [-0.4, -0.2) is 53.6 Å². The van der Waals surface area contributed by atoms with Gasteiger partial charge in [0.05, 0.1) is 19.2 Å². The third-order valence-electron chi connectivity index (χ3n) is 2.96. The van der Waals surface area contributed by atoms with Gasteiger partial charge in [-0.3, -0.25) is 9.69 Å². The number of rotatable bonds is 9. The van der Waals surface area contributed by atoms with Crippen molar-refractivity contribution < 1.29 is 9.90 Å². The Labute approximate surface area is 125 Å². The average molecular weight is 296 g/mol. The van der Waals surface area contributed by atoms with E-state index in [9.17, 15) is 9.90 Å². The minimum Gasteiger partial charge on any atom is -0.393 e. The summed E-state index contributed by atoms with van der Waals surface area (Å²) in [4.78, 5) is 17.2. The molecule has 4 nitrogen and oxygen atoms in total. The Morgan fingerprint density at radius 1 is 1.60 bits per heavy atom. The summed E-state index contributed by atoms with van der Waals surface area (Å²) in [6.07, 6.45) is 2.10. The van der Waals surface area contributed by atoms with Crippen LogP contribution in [-0.2, 0) is 11.3 Å². The first-order valence-electron chi connectivity index (χ1n) is 6.80. The van der Waals surface area contributed by atoms with Crippen LogP contribution in [0.15, 0.2) is 30.2 Å². The van der Waals surface area contributed by atoms with E-state index in [0.717, 1.165) is 0 Å². The lowest BCUT2D eigenvalue weighted by Crippen LogP contribution is -2.39. The second-order valence-electron chi connectivity index (χ2n) is 5.02. The number of hydrogen-bond acceptors (Lipinski definition) is 4. The van der Waals surface area contributed by atoms with E-state index in [1.807, 2.05) is 29.5 Å². The maximum Gasteiger partial charge on any atom is 0.237 e. The summed E-state index contributed by atoms with van der Waals surface area (Å²) in [6, 6.07) is 4.02. The highest BCUT2D eigenvalue weighted by Crippen LogP contribution is 2.12. The van der Waals surface area contributed by atoms with Gasteiger partial charge < -0.3 is 10.0 Å². The minimum atomic E-state index is -0.331. The molecule has 1 atom stereocenters. The van der Waals surface area contributed by atoms with E-state index in [1.165, 1.54) is 4.88 Å². The van der Waals surface area contributed by atoms with E-state index < -0.39 is 0 Å². The number of nitrogens with zero attached hydrogens (tertiary/aromatic N) is 2. The number of thiophene rings is 1. The Kier molecular flexibility index (Phi) is 7.51. The number of aliphatic hydroxyl groups is 1. The molecule has 0 radical (unpaired) electrons. The number of likely N-dealkylation sites (N-methyl/N-ethyl adjacent to an activating group) is 1. The molecule has 20 heavy (non-hydrogen) atoms. The molecule has 0 aromatic carbocycles. The van der Waals surface area contributed by atoms with Crippen molar-refractivity contribution in [2.24, 2.45) is 0 Å². The maximum absolute atomic E-state index is 12.3. The minimum absolute atomic E-state index is 0.0893. The molecule has 0 aliphatic rings. The summed E-state index contributed by atoms with van der Waals surface area (Å²) < 4.78 is 0. The lowest BCUT2D eigenvalue weighted by atomic mass is 10.2. The Morgan fingerprint density at radius 2 is 2.35 bits per heavy atom. The number of carbonyl (C=O) groups excluding carboxylic acids is 1. The summed E-state index contributed by atoms with van der Waals surface area (Å²) in [5, 5.41) is 11.3. The van der Waals surface area contributed by atoms with E-state index in [0.29, 0.717) is 32.6 Å². The standard InChI is InChI=1S/C15H24N2O2S/c1-4-8-17(11-14-6-5-10-20-14)15(19)12-16(3)9-7-13(2)18/h4-6,10,13,18H,1,7-9,11-12H2,2-3H3. The molecule has 1 heterocycles. The zero-order valence-electron chi connectivity index (χ0n) is 12.3. The van der Waals surface area contributed by atoms with Crippen LogP contribution in [0.25, 0.3) is 0 Å². The largest absolute Gasteiger partial charge is 0.393 e. The van der Waals surface area contributed by atoms with Crippen molar-refractivity contribution in [1.82, 2.24) is 9.80 Å². The number of amides is 1. The highest BCUT2D eigenvalue weighted by Gasteiger charge is 2.15. The SMILES string of the molecule is C=CCN(Cc1cccs1)C(=O)CN(C)CCC(C)O. The fraction of sp³-hybridized carbons (Fsp3) is 0.533. The normalized spacial score (nSPS) is 12.4. The highest BCUT2D eigenvalue weighted by atomic mass is 32.1. The van der Waals surface area contributed by atoms with Crippen molar-refractivity contribution in [1.29, 1.82) is 0 Å². The van der Waals surface area contributed by atoms with Gasteiger partial charge in [-0.15, -0.1) is 17.9 Å². The molecule has 1 N–H and O–H groups in total. The van der Waals surface area contributed by atoms with Gasteiger partial charge >= 0.3 is 0 Å². The van der Waals surface area contributed by atoms with Gasteiger partial charge in [0.1, 0.15) is 0 Å². The molecule has 1 amide bonds. The molecule has 0 aliphatic carbocycles. The van der Waals surface area contributed by atoms with E-state index in [1.54, 1.807) is 29.2 Å². The van der Waals surface area contributed by atoms with Crippen LogP contribution >= 0.6 is 11.3 Å². The quantitative estimate of drug-likeness (QED) is 0.709. The third-order valence-corrected chi connectivity index (χ3v) is 3.82. The molecule has 0 bridgehead atoms. The van der Waals surface area contributed by atoms with Gasteiger partial charge in [0.25, 0.3) is 0 Å². The Balaban J connectivity index is 2.48. The van der Waals surface area contributed by atoms with Gasteiger partial charge in [0.15, 0.2) is 0 Å². The van der Waals surface area contributed by atoms with Gasteiger partial charge in [0, 0.05) is 18.0 Å². The van der Waals surface area contributed by atoms with Crippen molar-refractivity contribution in [2.75, 3.05) is 26.7 Å². The Morgan fingerprint density at radius 3 is 2.90 bits per heavy atom. The molecule has 0 spiro atoms. The summed E-state index contributed by atoms with van der Waals surface area (Å²) in [6.45, 7) is 7.74. The topological polar surface area (TPSA) is 43.8 Å². The van der Waals surface area contributed by atoms with Gasteiger partial charge in [-0.1, -0.05) is 12.1 Å².